The smallest absolute Gasteiger partial charge is 0.263 e. The summed E-state index contributed by atoms with van der Waals surface area (Å²) in [5.74, 6) is 0. The average molecular weight is 155 g/mol. The summed E-state index contributed by atoms with van der Waals surface area (Å²) >= 11 is -0.0174. The van der Waals surface area contributed by atoms with E-state index in [1.165, 1.54) is 5.40 Å². The Hall–Kier alpha value is -0.290. The fraction of sp³-hybridized carbons (Fsp3) is 0. The molecule has 0 unspecified atom stereocenters. The molecule has 0 saturated carbocycles. The van der Waals surface area contributed by atoms with Gasteiger partial charge in [-0.25, -0.2) is 0 Å². The maximum absolute atomic E-state index is 9.55. The van der Waals surface area contributed by atoms with Crippen molar-refractivity contribution in [3.05, 3.63) is 0 Å². The van der Waals surface area contributed by atoms with E-state index in [0.29, 0.717) is 0 Å². The van der Waals surface area contributed by atoms with Gasteiger partial charge in [-0.2, -0.15) is 17.3 Å². The van der Waals surface area contributed by atoms with Crippen molar-refractivity contribution in [3.63, 3.8) is 0 Å². The minimum atomic E-state index is -4.45. The molecular formula is CHNO4S2. The Morgan fingerprint density at radius 1 is 1.75 bits per heavy atom. The molecule has 5 nitrogen and oxygen atoms in total. The van der Waals surface area contributed by atoms with E-state index in [1.54, 1.807) is 0 Å². The third kappa shape index (κ3) is 5.71. The lowest BCUT2D eigenvalue weighted by Crippen LogP contribution is -1.95. The van der Waals surface area contributed by atoms with Crippen LogP contribution in [0.15, 0.2) is 0 Å². The van der Waals surface area contributed by atoms with E-state index in [1.807, 2.05) is 0 Å². The van der Waals surface area contributed by atoms with E-state index >= 15 is 0 Å². The molecule has 0 aliphatic carbocycles. The van der Waals surface area contributed by atoms with Crippen LogP contribution >= 0.6 is 12.0 Å². The normalized spacial score (nSPS) is 10.5. The maximum Gasteiger partial charge on any atom is 0.409 e. The summed E-state index contributed by atoms with van der Waals surface area (Å²) in [6.45, 7) is 0. The maximum atomic E-state index is 9.55. The summed E-state index contributed by atoms with van der Waals surface area (Å²) in [5.41, 5.74) is 0. The lowest BCUT2D eigenvalue weighted by molar-refractivity contribution is 0.409. The highest BCUT2D eigenvalue weighted by Gasteiger charge is 2.02. The summed E-state index contributed by atoms with van der Waals surface area (Å²) in [4.78, 5) is 0. The van der Waals surface area contributed by atoms with Crippen molar-refractivity contribution in [1.82, 2.24) is 0 Å². The van der Waals surface area contributed by atoms with Crippen molar-refractivity contribution in [3.8, 4) is 5.40 Å². The Kier molecular flexibility index (Phi) is 2.78. The van der Waals surface area contributed by atoms with Crippen LogP contribution < -0.4 is 0 Å². The molecular weight excluding hydrogens is 154 g/mol. The first-order valence-electron chi connectivity index (χ1n) is 1.28. The molecule has 8 heavy (non-hydrogen) atoms. The number of nitrogens with zero attached hydrogens (tertiary/aromatic N) is 1. The molecule has 0 rings (SSSR count). The number of thiocyanates is 1. The Morgan fingerprint density at radius 2 is 2.25 bits per heavy atom. The molecule has 0 spiro atoms. The van der Waals surface area contributed by atoms with E-state index < -0.39 is 10.4 Å². The third-order valence-electron chi connectivity index (χ3n) is 0.157. The van der Waals surface area contributed by atoms with Crippen LogP contribution in [0.1, 0.15) is 0 Å². The van der Waals surface area contributed by atoms with Crippen molar-refractivity contribution >= 4 is 22.4 Å². The van der Waals surface area contributed by atoms with Crippen LogP contribution in [0, 0.1) is 10.7 Å². The van der Waals surface area contributed by atoms with E-state index in [-0.39, 0.29) is 12.0 Å². The van der Waals surface area contributed by atoms with Crippen LogP contribution in [0.5, 0.6) is 0 Å². The molecule has 0 saturated heterocycles. The van der Waals surface area contributed by atoms with Crippen molar-refractivity contribution in [2.24, 2.45) is 0 Å². The molecule has 0 amide bonds. The Balaban J connectivity index is 3.63. The first kappa shape index (κ1) is 7.71. The van der Waals surface area contributed by atoms with Crippen LogP contribution in [-0.4, -0.2) is 13.0 Å². The minimum Gasteiger partial charge on any atom is -0.263 e. The molecule has 0 aliphatic heterocycles. The molecule has 7 heteroatoms. The third-order valence-corrected chi connectivity index (χ3v) is 1.19. The van der Waals surface area contributed by atoms with Crippen LogP contribution in [0.2, 0.25) is 0 Å². The highest BCUT2D eigenvalue weighted by atomic mass is 32.3. The van der Waals surface area contributed by atoms with Gasteiger partial charge in [0.05, 0.1) is 0 Å². The van der Waals surface area contributed by atoms with Gasteiger partial charge < -0.3 is 0 Å². The van der Waals surface area contributed by atoms with Gasteiger partial charge in [-0.05, 0) is 0 Å². The number of rotatable bonds is 2. The zero-order valence-electron chi connectivity index (χ0n) is 3.44. The Morgan fingerprint density at radius 3 is 2.38 bits per heavy atom. The molecule has 0 aromatic heterocycles. The first-order valence-corrected chi connectivity index (χ1v) is 3.38. The second kappa shape index (κ2) is 2.88. The highest BCUT2D eigenvalue weighted by molar-refractivity contribution is 8.06. The Bertz CT molecular complexity index is 187. The van der Waals surface area contributed by atoms with Gasteiger partial charge >= 0.3 is 10.4 Å². The summed E-state index contributed by atoms with van der Waals surface area (Å²) in [6, 6.07) is 0. The van der Waals surface area contributed by atoms with Crippen LogP contribution in [0.4, 0.5) is 0 Å². The standard InChI is InChI=1S/CHNO4S2/c2-1-7-6-8(3,4)5/h(H,3,4,5). The summed E-state index contributed by atoms with van der Waals surface area (Å²) < 4.78 is 30.3. The van der Waals surface area contributed by atoms with Gasteiger partial charge in [-0.1, -0.05) is 0 Å². The highest BCUT2D eigenvalue weighted by Crippen LogP contribution is 2.02. The molecule has 0 radical (unpaired) electrons. The monoisotopic (exact) mass is 155 g/mol. The second-order valence-corrected chi connectivity index (χ2v) is 2.42. The molecule has 0 aromatic rings. The van der Waals surface area contributed by atoms with Crippen molar-refractivity contribution in [1.29, 1.82) is 5.26 Å². The fourth-order valence-corrected chi connectivity index (χ4v) is 0.524. The van der Waals surface area contributed by atoms with Gasteiger partial charge in [0.2, 0.25) is 0 Å². The van der Waals surface area contributed by atoms with Gasteiger partial charge in [0.25, 0.3) is 0 Å². The van der Waals surface area contributed by atoms with Crippen molar-refractivity contribution in [2.75, 3.05) is 0 Å². The molecule has 0 bridgehead atoms. The van der Waals surface area contributed by atoms with Gasteiger partial charge in [-0.15, -0.1) is 0 Å². The second-order valence-electron chi connectivity index (χ2n) is 0.670. The zero-order valence-corrected chi connectivity index (χ0v) is 5.07. The van der Waals surface area contributed by atoms with E-state index in [9.17, 15) is 8.42 Å². The van der Waals surface area contributed by atoms with Crippen LogP contribution in [0.3, 0.4) is 0 Å². The first-order chi connectivity index (χ1) is 3.56. The molecule has 0 heterocycles. The number of hydrogen-bond acceptors (Lipinski definition) is 5. The van der Waals surface area contributed by atoms with Gasteiger partial charge in [0.15, 0.2) is 5.40 Å². The summed E-state index contributed by atoms with van der Waals surface area (Å²) in [7, 11) is -4.45. The SMILES string of the molecule is N#CSOS(=O)(=O)O. The average Bonchev–Trinajstić information content (AvgIpc) is 1.59. The topological polar surface area (TPSA) is 87.4 Å². The fourth-order valence-electron chi connectivity index (χ4n) is 0.0582. The number of nitriles is 1. The van der Waals surface area contributed by atoms with Gasteiger partial charge in [0, 0.05) is 0 Å². The predicted octanol–water partition coefficient (Wildman–Crippen LogP) is -0.0649. The molecule has 0 aliphatic rings. The molecule has 0 aromatic carbocycles. The zero-order chi connectivity index (χ0) is 6.62. The Labute approximate surface area is 50.4 Å². The minimum absolute atomic E-state index is 0.0174. The molecule has 1 N–H and O–H groups in total. The summed E-state index contributed by atoms with van der Waals surface area (Å²) in [6.07, 6.45) is 0. The lowest BCUT2D eigenvalue weighted by Gasteiger charge is -1.84. The predicted molar refractivity (Wildman–Crippen MR) is 25.8 cm³/mol. The quantitative estimate of drug-likeness (QED) is 0.341. The lowest BCUT2D eigenvalue weighted by atomic mass is 11.8. The summed E-state index contributed by atoms with van der Waals surface area (Å²) in [5, 5.41) is 8.92. The van der Waals surface area contributed by atoms with Crippen LogP contribution in [0.25, 0.3) is 0 Å². The van der Waals surface area contributed by atoms with E-state index in [4.69, 9.17) is 9.81 Å². The number of hydrogen-bond donors (Lipinski definition) is 1. The molecule has 0 fully saturated rings. The molecule has 46 valence electrons. The largest absolute Gasteiger partial charge is 0.409 e. The van der Waals surface area contributed by atoms with E-state index in [2.05, 4.69) is 3.63 Å². The van der Waals surface area contributed by atoms with E-state index in [0.717, 1.165) is 0 Å². The van der Waals surface area contributed by atoms with Crippen molar-refractivity contribution in [2.45, 2.75) is 0 Å². The van der Waals surface area contributed by atoms with Gasteiger partial charge in [-0.3, -0.25) is 4.55 Å². The molecule has 0 atom stereocenters. The van der Waals surface area contributed by atoms with Crippen molar-refractivity contribution < 1.29 is 16.6 Å². The van der Waals surface area contributed by atoms with Gasteiger partial charge in [0.1, 0.15) is 12.0 Å². The van der Waals surface area contributed by atoms with Crippen LogP contribution in [-0.2, 0) is 14.0 Å².